The third-order valence-corrected chi connectivity index (χ3v) is 6.75. The van der Waals surface area contributed by atoms with E-state index in [4.69, 9.17) is 4.74 Å². The van der Waals surface area contributed by atoms with Crippen LogP contribution in [-0.2, 0) is 4.79 Å². The van der Waals surface area contributed by atoms with E-state index in [9.17, 15) is 14.9 Å². The summed E-state index contributed by atoms with van der Waals surface area (Å²) in [5, 5.41) is 12.8. The zero-order chi connectivity index (χ0) is 25.7. The highest BCUT2D eigenvalue weighted by atomic mass is 32.1. The van der Waals surface area contributed by atoms with Crippen molar-refractivity contribution < 1.29 is 9.53 Å². The van der Waals surface area contributed by atoms with Crippen molar-refractivity contribution in [2.45, 2.75) is 20.8 Å². The first-order chi connectivity index (χ1) is 17.4. The number of aromatic nitrogens is 1. The lowest BCUT2D eigenvalue weighted by atomic mass is 10.1. The number of benzene rings is 3. The number of amides is 1. The Labute approximate surface area is 213 Å². The molecule has 180 valence electrons. The van der Waals surface area contributed by atoms with Gasteiger partial charge in [0, 0.05) is 11.3 Å². The first kappa shape index (κ1) is 24.7. The fraction of sp³-hybridized carbons (Fsp3) is 0.138. The van der Waals surface area contributed by atoms with Gasteiger partial charge in [0.05, 0.1) is 16.8 Å². The SMILES string of the molecule is CCOc1ccccc1C=c1sc(=C(C#N)C(=O)Nc2ccc(C)c(C)c2)n(-c2ccccc2)c1=O. The molecule has 1 amide bonds. The number of thiazole rings is 1. The van der Waals surface area contributed by atoms with E-state index in [2.05, 4.69) is 5.32 Å². The average Bonchev–Trinajstić information content (AvgIpc) is 3.19. The number of aryl methyl sites for hydroxylation is 2. The van der Waals surface area contributed by atoms with Crippen LogP contribution in [0.4, 0.5) is 5.69 Å². The molecule has 0 atom stereocenters. The average molecular weight is 496 g/mol. The van der Waals surface area contributed by atoms with Crippen LogP contribution in [0.5, 0.6) is 5.75 Å². The van der Waals surface area contributed by atoms with Crippen LogP contribution in [0.1, 0.15) is 23.6 Å². The van der Waals surface area contributed by atoms with Gasteiger partial charge in [-0.05, 0) is 68.3 Å². The maximum atomic E-state index is 13.6. The highest BCUT2D eigenvalue weighted by molar-refractivity contribution is 7.07. The molecule has 1 N–H and O–H groups in total. The van der Waals surface area contributed by atoms with Gasteiger partial charge in [0.1, 0.15) is 16.5 Å². The van der Waals surface area contributed by atoms with Crippen molar-refractivity contribution in [3.05, 3.63) is 109 Å². The number of hydrogen-bond donors (Lipinski definition) is 1. The second-order valence-corrected chi connectivity index (χ2v) is 9.13. The van der Waals surface area contributed by atoms with E-state index in [1.54, 1.807) is 36.4 Å². The summed E-state index contributed by atoms with van der Waals surface area (Å²) in [7, 11) is 0. The monoisotopic (exact) mass is 495 g/mol. The number of nitrogens with zero attached hydrogens (tertiary/aromatic N) is 2. The van der Waals surface area contributed by atoms with Gasteiger partial charge in [-0.25, -0.2) is 0 Å². The maximum Gasteiger partial charge on any atom is 0.273 e. The zero-order valence-corrected chi connectivity index (χ0v) is 21.1. The molecule has 4 rings (SSSR count). The zero-order valence-electron chi connectivity index (χ0n) is 20.2. The third-order valence-electron chi connectivity index (χ3n) is 5.66. The summed E-state index contributed by atoms with van der Waals surface area (Å²) in [6.45, 7) is 6.32. The van der Waals surface area contributed by atoms with Gasteiger partial charge in [-0.3, -0.25) is 14.2 Å². The largest absolute Gasteiger partial charge is 0.493 e. The van der Waals surface area contributed by atoms with Crippen LogP contribution in [0, 0.1) is 25.2 Å². The number of rotatable bonds is 6. The number of anilines is 1. The Morgan fingerprint density at radius 2 is 1.78 bits per heavy atom. The predicted octanol–water partition coefficient (Wildman–Crippen LogP) is 4.06. The van der Waals surface area contributed by atoms with Crippen LogP contribution in [0.25, 0.3) is 17.3 Å². The van der Waals surface area contributed by atoms with Crippen molar-refractivity contribution in [2.24, 2.45) is 0 Å². The number of nitriles is 1. The molecule has 6 nitrogen and oxygen atoms in total. The number of hydrogen-bond acceptors (Lipinski definition) is 5. The highest BCUT2D eigenvalue weighted by Crippen LogP contribution is 2.18. The topological polar surface area (TPSA) is 84.1 Å². The molecule has 0 spiro atoms. The van der Waals surface area contributed by atoms with Crippen LogP contribution >= 0.6 is 11.3 Å². The molecular weight excluding hydrogens is 470 g/mol. The standard InChI is InChI=1S/C29H25N3O3S/c1-4-35-25-13-9-8-10-21(25)17-26-28(34)32(23-11-6-5-7-12-23)29(36-26)24(18-30)27(33)31-22-15-14-19(2)20(3)16-22/h5-17H,4H2,1-3H3,(H,31,33). The molecule has 0 fully saturated rings. The van der Waals surface area contributed by atoms with Crippen LogP contribution in [-0.4, -0.2) is 17.1 Å². The molecule has 7 heteroatoms. The number of carbonyl (C=O) groups is 1. The lowest BCUT2D eigenvalue weighted by molar-refractivity contribution is -0.111. The van der Waals surface area contributed by atoms with Gasteiger partial charge in [-0.1, -0.05) is 42.5 Å². The summed E-state index contributed by atoms with van der Waals surface area (Å²) in [5.41, 5.74) is 3.55. The Kier molecular flexibility index (Phi) is 7.47. The minimum absolute atomic E-state index is 0.142. The second kappa shape index (κ2) is 10.9. The Morgan fingerprint density at radius 3 is 2.47 bits per heavy atom. The Bertz CT molecular complexity index is 1640. The minimum atomic E-state index is -0.576. The predicted molar refractivity (Wildman–Crippen MR) is 144 cm³/mol. The van der Waals surface area contributed by atoms with E-state index in [0.29, 0.717) is 28.3 Å². The maximum absolute atomic E-state index is 13.6. The summed E-state index contributed by atoms with van der Waals surface area (Å²) in [6, 6.07) is 24.0. The van der Waals surface area contributed by atoms with E-state index < -0.39 is 5.91 Å². The first-order valence-corrected chi connectivity index (χ1v) is 12.3. The van der Waals surface area contributed by atoms with Crippen molar-refractivity contribution in [3.8, 4) is 17.5 Å². The van der Waals surface area contributed by atoms with Gasteiger partial charge >= 0.3 is 0 Å². The van der Waals surface area contributed by atoms with Gasteiger partial charge in [-0.15, -0.1) is 11.3 Å². The Hall–Kier alpha value is -4.41. The quantitative estimate of drug-likeness (QED) is 0.437. The molecule has 0 aliphatic heterocycles. The second-order valence-electron chi connectivity index (χ2n) is 8.10. The Balaban J connectivity index is 1.94. The van der Waals surface area contributed by atoms with Crippen molar-refractivity contribution in [1.82, 2.24) is 4.57 Å². The van der Waals surface area contributed by atoms with E-state index in [-0.39, 0.29) is 15.8 Å². The fourth-order valence-electron chi connectivity index (χ4n) is 3.70. The van der Waals surface area contributed by atoms with Crippen LogP contribution < -0.4 is 24.8 Å². The van der Waals surface area contributed by atoms with Gasteiger partial charge in [0.15, 0.2) is 5.57 Å². The summed E-state index contributed by atoms with van der Waals surface area (Å²) in [5.74, 6) is 0.0746. The molecule has 3 aromatic carbocycles. The molecule has 0 radical (unpaired) electrons. The van der Waals surface area contributed by atoms with E-state index in [0.717, 1.165) is 28.0 Å². The molecule has 0 unspecified atom stereocenters. The first-order valence-electron chi connectivity index (χ1n) is 11.5. The van der Waals surface area contributed by atoms with E-state index in [1.165, 1.54) is 4.57 Å². The number of ether oxygens (including phenoxy) is 1. The number of para-hydroxylation sites is 2. The summed E-state index contributed by atoms with van der Waals surface area (Å²) >= 11 is 1.10. The molecule has 0 saturated carbocycles. The summed E-state index contributed by atoms with van der Waals surface area (Å²) in [6.07, 6.45) is 1.73. The molecule has 4 aromatic rings. The van der Waals surface area contributed by atoms with Gasteiger partial charge in [-0.2, -0.15) is 5.26 Å². The molecular formula is C29H25N3O3S. The van der Waals surface area contributed by atoms with Crippen molar-refractivity contribution in [2.75, 3.05) is 11.9 Å². The molecule has 0 aliphatic rings. The van der Waals surface area contributed by atoms with Crippen molar-refractivity contribution in [3.63, 3.8) is 0 Å². The Morgan fingerprint density at radius 1 is 1.06 bits per heavy atom. The molecule has 0 saturated heterocycles. The summed E-state index contributed by atoms with van der Waals surface area (Å²) in [4.78, 5) is 26.8. The number of carbonyl (C=O) groups excluding carboxylic acids is 1. The normalized spacial score (nSPS) is 12.1. The lowest BCUT2D eigenvalue weighted by Crippen LogP contribution is -2.32. The molecule has 0 bridgehead atoms. The van der Waals surface area contributed by atoms with Crippen molar-refractivity contribution in [1.29, 1.82) is 5.26 Å². The minimum Gasteiger partial charge on any atom is -0.493 e. The molecule has 1 aromatic heterocycles. The smallest absolute Gasteiger partial charge is 0.273 e. The fourth-order valence-corrected chi connectivity index (χ4v) is 4.79. The lowest BCUT2D eigenvalue weighted by Gasteiger charge is -2.07. The number of nitrogens with one attached hydrogen (secondary N) is 1. The van der Waals surface area contributed by atoms with Crippen LogP contribution in [0.15, 0.2) is 77.6 Å². The summed E-state index contributed by atoms with van der Waals surface area (Å²) < 4.78 is 7.76. The van der Waals surface area contributed by atoms with Gasteiger partial charge < -0.3 is 10.1 Å². The molecule has 1 heterocycles. The third kappa shape index (κ3) is 5.14. The molecule has 36 heavy (non-hydrogen) atoms. The highest BCUT2D eigenvalue weighted by Gasteiger charge is 2.17. The van der Waals surface area contributed by atoms with E-state index in [1.807, 2.05) is 69.3 Å². The van der Waals surface area contributed by atoms with Crippen LogP contribution in [0.2, 0.25) is 0 Å². The van der Waals surface area contributed by atoms with Crippen molar-refractivity contribution >= 4 is 34.6 Å². The molecule has 0 aliphatic carbocycles. The van der Waals surface area contributed by atoms with Gasteiger partial charge in [0.2, 0.25) is 0 Å². The van der Waals surface area contributed by atoms with Crippen LogP contribution in [0.3, 0.4) is 0 Å². The van der Waals surface area contributed by atoms with Gasteiger partial charge in [0.25, 0.3) is 11.5 Å². The van der Waals surface area contributed by atoms with E-state index >= 15 is 0 Å².